The van der Waals surface area contributed by atoms with Crippen molar-refractivity contribution in [1.29, 1.82) is 0 Å². The number of methoxy groups -OCH3 is 1. The molecule has 4 aromatic rings. The van der Waals surface area contributed by atoms with E-state index >= 15 is 0 Å². The predicted molar refractivity (Wildman–Crippen MR) is 144 cm³/mol. The number of fused-ring (bicyclic) bond motifs is 3. The molecule has 35 heavy (non-hydrogen) atoms. The molecule has 0 aliphatic rings. The first-order chi connectivity index (χ1) is 16.4. The van der Waals surface area contributed by atoms with Gasteiger partial charge in [-0.15, -0.1) is 0 Å². The second-order valence-electron chi connectivity index (χ2n) is 10.5. The fraction of sp³-hybridized carbons (Fsp3) is 0.357. The molecule has 0 spiro atoms. The number of benzene rings is 2. The van der Waals surface area contributed by atoms with Crippen LogP contribution in [-0.2, 0) is 10.2 Å². The van der Waals surface area contributed by atoms with Crippen molar-refractivity contribution in [1.82, 2.24) is 10.3 Å². The zero-order valence-corrected chi connectivity index (χ0v) is 22.1. The molecule has 4 rings (SSSR count). The predicted octanol–water partition coefficient (Wildman–Crippen LogP) is 6.53. The van der Waals surface area contributed by atoms with Crippen LogP contribution in [0.3, 0.4) is 0 Å². The Bertz CT molecular complexity index is 1460. The SMILES string of the molecule is COc1cc(C)c2[nH]c(=O)c3cscc3c2c1-c1ccc(C(C)(C)CNC(=O)OC(C)(C)C)cc1. The molecule has 0 saturated heterocycles. The van der Waals surface area contributed by atoms with Gasteiger partial charge >= 0.3 is 6.09 Å². The number of thiophene rings is 1. The van der Waals surface area contributed by atoms with Gasteiger partial charge in [0, 0.05) is 33.7 Å². The molecule has 0 aliphatic heterocycles. The molecule has 7 heteroatoms. The van der Waals surface area contributed by atoms with Gasteiger partial charge in [0.2, 0.25) is 0 Å². The number of hydrogen-bond acceptors (Lipinski definition) is 5. The molecule has 0 aliphatic carbocycles. The highest BCUT2D eigenvalue weighted by Crippen LogP contribution is 2.42. The number of carbonyl (C=O) groups excluding carboxylic acids is 1. The van der Waals surface area contributed by atoms with Gasteiger partial charge in [-0.25, -0.2) is 4.79 Å². The lowest BCUT2D eigenvalue weighted by molar-refractivity contribution is 0.0517. The summed E-state index contributed by atoms with van der Waals surface area (Å²) in [7, 11) is 1.67. The van der Waals surface area contributed by atoms with E-state index in [0.717, 1.165) is 44.3 Å². The van der Waals surface area contributed by atoms with Gasteiger partial charge in [-0.2, -0.15) is 11.3 Å². The Balaban J connectivity index is 1.74. The maximum absolute atomic E-state index is 12.6. The van der Waals surface area contributed by atoms with Crippen LogP contribution in [-0.4, -0.2) is 30.3 Å². The minimum atomic E-state index is -0.538. The number of hydrogen-bond donors (Lipinski definition) is 2. The highest BCUT2D eigenvalue weighted by Gasteiger charge is 2.24. The zero-order chi connectivity index (χ0) is 25.5. The lowest BCUT2D eigenvalue weighted by Gasteiger charge is -2.27. The number of pyridine rings is 1. The molecule has 2 aromatic heterocycles. The quantitative estimate of drug-likeness (QED) is 0.332. The number of aryl methyl sites for hydroxylation is 1. The smallest absolute Gasteiger partial charge is 0.407 e. The van der Waals surface area contributed by atoms with Gasteiger partial charge in [-0.3, -0.25) is 4.79 Å². The van der Waals surface area contributed by atoms with Crippen LogP contribution in [0.4, 0.5) is 4.79 Å². The number of carbonyl (C=O) groups is 1. The summed E-state index contributed by atoms with van der Waals surface area (Å²) in [6.45, 7) is 12.1. The zero-order valence-electron chi connectivity index (χ0n) is 21.3. The summed E-state index contributed by atoms with van der Waals surface area (Å²) >= 11 is 1.52. The third-order valence-electron chi connectivity index (χ3n) is 6.15. The largest absolute Gasteiger partial charge is 0.496 e. The monoisotopic (exact) mass is 492 g/mol. The average molecular weight is 493 g/mol. The second kappa shape index (κ2) is 9.04. The Hall–Kier alpha value is -3.32. The van der Waals surface area contributed by atoms with Crippen LogP contribution in [0.5, 0.6) is 5.75 Å². The highest BCUT2D eigenvalue weighted by atomic mass is 32.1. The molecular weight excluding hydrogens is 460 g/mol. The van der Waals surface area contributed by atoms with Gasteiger partial charge in [0.25, 0.3) is 5.56 Å². The number of alkyl carbamates (subject to hydrolysis) is 1. The summed E-state index contributed by atoms with van der Waals surface area (Å²) in [5, 5.41) is 9.38. The number of ether oxygens (including phenoxy) is 2. The molecule has 2 heterocycles. The Morgan fingerprint density at radius 3 is 2.34 bits per heavy atom. The molecule has 6 nitrogen and oxygen atoms in total. The summed E-state index contributed by atoms with van der Waals surface area (Å²) in [5.74, 6) is 0.758. The first kappa shape index (κ1) is 24.8. The van der Waals surface area contributed by atoms with E-state index in [2.05, 4.69) is 48.4 Å². The van der Waals surface area contributed by atoms with Crippen molar-refractivity contribution >= 4 is 39.1 Å². The van der Waals surface area contributed by atoms with Crippen molar-refractivity contribution in [3.05, 3.63) is 62.6 Å². The Morgan fingerprint density at radius 2 is 1.71 bits per heavy atom. The summed E-state index contributed by atoms with van der Waals surface area (Å²) in [4.78, 5) is 27.8. The molecule has 0 fully saturated rings. The van der Waals surface area contributed by atoms with Crippen molar-refractivity contribution in [3.63, 3.8) is 0 Å². The number of H-pyrrole nitrogens is 1. The van der Waals surface area contributed by atoms with Crippen molar-refractivity contribution in [2.75, 3.05) is 13.7 Å². The van der Waals surface area contributed by atoms with Gasteiger partial charge in [-0.1, -0.05) is 38.1 Å². The van der Waals surface area contributed by atoms with Gasteiger partial charge in [0.1, 0.15) is 11.4 Å². The molecule has 0 bridgehead atoms. The molecule has 0 unspecified atom stereocenters. The minimum absolute atomic E-state index is 0.0810. The van der Waals surface area contributed by atoms with E-state index in [0.29, 0.717) is 11.9 Å². The number of aromatic nitrogens is 1. The first-order valence-electron chi connectivity index (χ1n) is 11.6. The normalized spacial score (nSPS) is 12.2. The highest BCUT2D eigenvalue weighted by molar-refractivity contribution is 7.09. The van der Waals surface area contributed by atoms with Crippen molar-refractivity contribution in [3.8, 4) is 16.9 Å². The van der Waals surface area contributed by atoms with Gasteiger partial charge in [0.15, 0.2) is 0 Å². The lowest BCUT2D eigenvalue weighted by Crippen LogP contribution is -2.39. The van der Waals surface area contributed by atoms with E-state index in [-0.39, 0.29) is 11.0 Å². The third kappa shape index (κ3) is 4.91. The van der Waals surface area contributed by atoms with Crippen molar-refractivity contribution in [2.45, 2.75) is 52.6 Å². The number of amides is 1. The van der Waals surface area contributed by atoms with Gasteiger partial charge in [0.05, 0.1) is 18.0 Å². The van der Waals surface area contributed by atoms with E-state index in [9.17, 15) is 9.59 Å². The van der Waals surface area contributed by atoms with Crippen molar-refractivity contribution < 1.29 is 14.3 Å². The topological polar surface area (TPSA) is 80.4 Å². The van der Waals surface area contributed by atoms with E-state index in [4.69, 9.17) is 9.47 Å². The molecule has 1 amide bonds. The summed E-state index contributed by atoms with van der Waals surface area (Å²) in [6, 6.07) is 10.3. The number of aromatic amines is 1. The Labute approximate surface area is 209 Å². The third-order valence-corrected chi connectivity index (χ3v) is 6.89. The fourth-order valence-electron chi connectivity index (χ4n) is 4.31. The second-order valence-corrected chi connectivity index (χ2v) is 11.2. The number of nitrogens with one attached hydrogen (secondary N) is 2. The average Bonchev–Trinajstić information content (AvgIpc) is 3.28. The molecule has 2 aromatic carbocycles. The van der Waals surface area contributed by atoms with Crippen LogP contribution >= 0.6 is 11.3 Å². The summed E-state index contributed by atoms with van der Waals surface area (Å²) in [5.41, 5.74) is 3.88. The Kier molecular flexibility index (Phi) is 6.40. The Morgan fingerprint density at radius 1 is 1.06 bits per heavy atom. The van der Waals surface area contributed by atoms with E-state index in [1.54, 1.807) is 7.11 Å². The van der Waals surface area contributed by atoms with Crippen LogP contribution in [0, 0.1) is 6.92 Å². The van der Waals surface area contributed by atoms with Crippen LogP contribution in [0.25, 0.3) is 32.8 Å². The maximum Gasteiger partial charge on any atom is 0.407 e. The molecule has 0 atom stereocenters. The van der Waals surface area contributed by atoms with Crippen LogP contribution in [0.1, 0.15) is 45.7 Å². The maximum atomic E-state index is 12.6. The minimum Gasteiger partial charge on any atom is -0.496 e. The van der Waals surface area contributed by atoms with Gasteiger partial charge < -0.3 is 19.8 Å². The van der Waals surface area contributed by atoms with E-state index in [1.165, 1.54) is 11.3 Å². The fourth-order valence-corrected chi connectivity index (χ4v) is 5.13. The van der Waals surface area contributed by atoms with Crippen LogP contribution in [0.15, 0.2) is 45.9 Å². The molecule has 2 N–H and O–H groups in total. The standard InChI is InChI=1S/C28H32N2O4S/c1-16-12-21(33-7)22(23-19-13-35-14-20(19)25(31)30-24(16)23)17-8-10-18(11-9-17)28(5,6)15-29-26(32)34-27(2,3)4/h8-14H,15H2,1-7H3,(H,29,32)(H,30,31). The van der Waals surface area contributed by atoms with E-state index in [1.807, 2.05) is 44.5 Å². The van der Waals surface area contributed by atoms with Crippen LogP contribution in [0.2, 0.25) is 0 Å². The van der Waals surface area contributed by atoms with Crippen LogP contribution < -0.4 is 15.6 Å². The summed E-state index contributed by atoms with van der Waals surface area (Å²) in [6.07, 6.45) is -0.424. The molecular formula is C28H32N2O4S. The molecule has 184 valence electrons. The molecule has 0 radical (unpaired) electrons. The first-order valence-corrected chi connectivity index (χ1v) is 12.5. The number of rotatable bonds is 5. The lowest BCUT2D eigenvalue weighted by atomic mass is 9.83. The summed E-state index contributed by atoms with van der Waals surface area (Å²) < 4.78 is 11.2. The molecule has 0 saturated carbocycles. The van der Waals surface area contributed by atoms with Gasteiger partial charge in [-0.05, 0) is 55.8 Å². The van der Waals surface area contributed by atoms with Crippen molar-refractivity contribution in [2.24, 2.45) is 0 Å². The van der Waals surface area contributed by atoms with E-state index < -0.39 is 11.7 Å².